The largest absolute Gasteiger partial charge is 0.300 e. The number of ketones is 1. The van der Waals surface area contributed by atoms with Gasteiger partial charge >= 0.3 is 0 Å². The molecule has 2 bridgehead atoms. The normalized spacial score (nSPS) is 39.6. The molecular weight excluding hydrogens is 174 g/mol. The molecule has 0 aromatic carbocycles. The molecule has 2 unspecified atom stereocenters. The smallest absolute Gasteiger partial charge is 0.136 e. The van der Waals surface area contributed by atoms with Gasteiger partial charge in [-0.15, -0.1) is 0 Å². The number of carbonyl (C=O) groups is 1. The van der Waals surface area contributed by atoms with Gasteiger partial charge in [-0.05, 0) is 25.7 Å². The Morgan fingerprint density at radius 2 is 1.36 bits per heavy atom. The summed E-state index contributed by atoms with van der Waals surface area (Å²) >= 11 is 0. The highest BCUT2D eigenvalue weighted by Crippen LogP contribution is 2.39. The predicted octanol–water partition coefficient (Wildman–Crippen LogP) is 2.12. The third-order valence-electron chi connectivity index (χ3n) is 4.34. The Balaban J connectivity index is 1.78. The molecule has 2 saturated heterocycles. The second kappa shape index (κ2) is 3.34. The van der Waals surface area contributed by atoms with E-state index in [9.17, 15) is 4.79 Å². The summed E-state index contributed by atoms with van der Waals surface area (Å²) in [5.41, 5.74) is 0. The van der Waals surface area contributed by atoms with Gasteiger partial charge in [-0.1, -0.05) is 12.8 Å². The van der Waals surface area contributed by atoms with Gasteiger partial charge in [0.25, 0.3) is 0 Å². The number of fused-ring (bicyclic) bond motifs is 2. The molecule has 1 saturated carbocycles. The van der Waals surface area contributed by atoms with E-state index in [-0.39, 0.29) is 0 Å². The minimum Gasteiger partial charge on any atom is -0.300 e. The van der Waals surface area contributed by atoms with Crippen molar-refractivity contribution in [3.05, 3.63) is 0 Å². The van der Waals surface area contributed by atoms with Gasteiger partial charge in [0.2, 0.25) is 0 Å². The summed E-state index contributed by atoms with van der Waals surface area (Å²) in [5, 5.41) is 0. The maximum Gasteiger partial charge on any atom is 0.136 e. The highest BCUT2D eigenvalue weighted by atomic mass is 16.1. The fourth-order valence-corrected chi connectivity index (χ4v) is 3.49. The van der Waals surface area contributed by atoms with Gasteiger partial charge in [0, 0.05) is 31.0 Å². The van der Waals surface area contributed by atoms with Crippen LogP contribution in [0.25, 0.3) is 0 Å². The fraction of sp³-hybridized carbons (Fsp3) is 0.917. The molecule has 1 aliphatic carbocycles. The Morgan fingerprint density at radius 1 is 0.857 bits per heavy atom. The minimum absolute atomic E-state index is 0.523. The topological polar surface area (TPSA) is 20.3 Å². The van der Waals surface area contributed by atoms with Gasteiger partial charge in [-0.3, -0.25) is 9.69 Å². The highest BCUT2D eigenvalue weighted by molar-refractivity contribution is 5.80. The average molecular weight is 193 g/mol. The van der Waals surface area contributed by atoms with E-state index < -0.39 is 0 Å². The summed E-state index contributed by atoms with van der Waals surface area (Å²) in [7, 11) is 0. The number of carbonyl (C=O) groups excluding carboxylic acids is 1. The molecule has 0 aromatic heterocycles. The maximum absolute atomic E-state index is 11.5. The summed E-state index contributed by atoms with van der Waals surface area (Å²) in [6.45, 7) is 0. The molecule has 2 heteroatoms. The molecule has 3 rings (SSSR count). The lowest BCUT2D eigenvalue weighted by Crippen LogP contribution is -2.58. The molecule has 2 aliphatic heterocycles. The fourth-order valence-electron chi connectivity index (χ4n) is 3.49. The van der Waals surface area contributed by atoms with Gasteiger partial charge in [0.15, 0.2) is 0 Å². The standard InChI is InChI=1S/C12H19NO/c14-12-7-10-5-2-6-11(8-12)13(10)9-3-1-4-9/h9-11H,1-8H2. The first-order valence-electron chi connectivity index (χ1n) is 6.14. The van der Waals surface area contributed by atoms with E-state index in [0.717, 1.165) is 18.9 Å². The van der Waals surface area contributed by atoms with Crippen LogP contribution >= 0.6 is 0 Å². The van der Waals surface area contributed by atoms with Gasteiger partial charge < -0.3 is 0 Å². The molecule has 0 radical (unpaired) electrons. The third-order valence-corrected chi connectivity index (χ3v) is 4.34. The van der Waals surface area contributed by atoms with Crippen LogP contribution in [0.4, 0.5) is 0 Å². The molecule has 3 fully saturated rings. The second-order valence-electron chi connectivity index (χ2n) is 5.22. The van der Waals surface area contributed by atoms with Crippen molar-refractivity contribution in [3.8, 4) is 0 Å². The lowest BCUT2D eigenvalue weighted by molar-refractivity contribution is -0.130. The van der Waals surface area contributed by atoms with E-state index in [0.29, 0.717) is 17.9 Å². The van der Waals surface area contributed by atoms with Crippen LogP contribution in [0.5, 0.6) is 0 Å². The Morgan fingerprint density at radius 3 is 1.86 bits per heavy atom. The van der Waals surface area contributed by atoms with Crippen molar-refractivity contribution in [3.63, 3.8) is 0 Å². The van der Waals surface area contributed by atoms with Gasteiger partial charge in [-0.25, -0.2) is 0 Å². The van der Waals surface area contributed by atoms with Gasteiger partial charge in [0.05, 0.1) is 0 Å². The van der Waals surface area contributed by atoms with E-state index in [1.165, 1.54) is 38.5 Å². The van der Waals surface area contributed by atoms with Crippen LogP contribution in [0.15, 0.2) is 0 Å². The Bertz CT molecular complexity index is 231. The summed E-state index contributed by atoms with van der Waals surface area (Å²) in [5.74, 6) is 0.523. The number of piperidine rings is 2. The molecule has 0 N–H and O–H groups in total. The summed E-state index contributed by atoms with van der Waals surface area (Å²) in [6, 6.07) is 2.10. The lowest BCUT2D eigenvalue weighted by Gasteiger charge is -2.52. The molecule has 2 nitrogen and oxygen atoms in total. The number of Topliss-reactive ketones (excluding diaryl/α,β-unsaturated/α-hetero) is 1. The summed E-state index contributed by atoms with van der Waals surface area (Å²) in [4.78, 5) is 14.2. The number of nitrogens with zero attached hydrogens (tertiary/aromatic N) is 1. The quantitative estimate of drug-likeness (QED) is 0.636. The number of hydrogen-bond acceptors (Lipinski definition) is 2. The zero-order valence-corrected chi connectivity index (χ0v) is 8.74. The highest BCUT2D eigenvalue weighted by Gasteiger charge is 2.42. The summed E-state index contributed by atoms with van der Waals surface area (Å²) < 4.78 is 0. The predicted molar refractivity (Wildman–Crippen MR) is 55.1 cm³/mol. The molecule has 2 atom stereocenters. The third kappa shape index (κ3) is 1.31. The van der Waals surface area contributed by atoms with Crippen LogP contribution in [0.1, 0.15) is 51.4 Å². The zero-order chi connectivity index (χ0) is 9.54. The van der Waals surface area contributed by atoms with Gasteiger partial charge in [0.1, 0.15) is 5.78 Å². The molecule has 3 aliphatic rings. The van der Waals surface area contributed by atoms with Crippen LogP contribution in [0.2, 0.25) is 0 Å². The molecule has 14 heavy (non-hydrogen) atoms. The lowest BCUT2D eigenvalue weighted by atomic mass is 9.78. The summed E-state index contributed by atoms with van der Waals surface area (Å²) in [6.07, 6.45) is 9.81. The first-order chi connectivity index (χ1) is 6.84. The zero-order valence-electron chi connectivity index (χ0n) is 8.74. The van der Waals surface area contributed by atoms with Crippen molar-refractivity contribution in [2.24, 2.45) is 0 Å². The first-order valence-corrected chi connectivity index (χ1v) is 6.14. The van der Waals surface area contributed by atoms with Crippen LogP contribution in [-0.4, -0.2) is 28.8 Å². The van der Waals surface area contributed by atoms with Crippen molar-refractivity contribution in [2.45, 2.75) is 69.5 Å². The molecule has 0 aromatic rings. The second-order valence-corrected chi connectivity index (χ2v) is 5.22. The van der Waals surface area contributed by atoms with E-state index in [1.807, 2.05) is 0 Å². The van der Waals surface area contributed by atoms with Crippen molar-refractivity contribution < 1.29 is 4.79 Å². The molecule has 2 heterocycles. The van der Waals surface area contributed by atoms with E-state index >= 15 is 0 Å². The van der Waals surface area contributed by atoms with Crippen LogP contribution in [-0.2, 0) is 4.79 Å². The van der Waals surface area contributed by atoms with Crippen LogP contribution < -0.4 is 0 Å². The van der Waals surface area contributed by atoms with Crippen molar-refractivity contribution in [1.82, 2.24) is 4.90 Å². The van der Waals surface area contributed by atoms with Crippen LogP contribution in [0.3, 0.4) is 0 Å². The number of hydrogen-bond donors (Lipinski definition) is 0. The average Bonchev–Trinajstić information content (AvgIpc) is 2.03. The van der Waals surface area contributed by atoms with E-state index in [1.54, 1.807) is 0 Å². The van der Waals surface area contributed by atoms with Gasteiger partial charge in [-0.2, -0.15) is 0 Å². The van der Waals surface area contributed by atoms with Crippen molar-refractivity contribution in [2.75, 3.05) is 0 Å². The van der Waals surface area contributed by atoms with E-state index in [4.69, 9.17) is 0 Å². The minimum atomic E-state index is 0.523. The van der Waals surface area contributed by atoms with Crippen LogP contribution in [0, 0.1) is 0 Å². The molecular formula is C12H19NO. The SMILES string of the molecule is O=C1CC2CCCC(C1)N2C1CCC1. The molecule has 0 spiro atoms. The Hall–Kier alpha value is -0.370. The number of rotatable bonds is 1. The first kappa shape index (κ1) is 8.90. The monoisotopic (exact) mass is 193 g/mol. The van der Waals surface area contributed by atoms with E-state index in [2.05, 4.69) is 4.90 Å². The maximum atomic E-state index is 11.5. The molecule has 0 amide bonds. The van der Waals surface area contributed by atoms with Crippen molar-refractivity contribution in [1.29, 1.82) is 0 Å². The Labute approximate surface area is 85.7 Å². The van der Waals surface area contributed by atoms with Crippen molar-refractivity contribution >= 4 is 5.78 Å². The molecule has 78 valence electrons. The Kier molecular flexibility index (Phi) is 2.12.